The molecule has 1 fully saturated rings. The van der Waals surface area contributed by atoms with Gasteiger partial charge in [-0.2, -0.15) is 0 Å². The fourth-order valence-corrected chi connectivity index (χ4v) is 5.23. The van der Waals surface area contributed by atoms with Crippen LogP contribution in [0.4, 0.5) is 0 Å². The number of methoxy groups -OCH3 is 2. The van der Waals surface area contributed by atoms with Gasteiger partial charge < -0.3 is 18.6 Å². The van der Waals surface area contributed by atoms with Gasteiger partial charge in [0.05, 0.1) is 18.6 Å². The van der Waals surface area contributed by atoms with Crippen molar-refractivity contribution in [1.82, 2.24) is 0 Å². The molecule has 0 N–H and O–H groups in total. The standard InChI is InChI=1S/C19H30O5Si/c1-17(2,3)25(6,7)24-13-10-18(22-5)8-9-19(14(11-18)21-4)12-23-16(20)15(13)19/h8-9,11,13,15H,10,12H2,1-7H3. The normalized spacial score (nSPS) is 37.4. The predicted octanol–water partition coefficient (Wildman–Crippen LogP) is 3.43. The molecule has 4 atom stereocenters. The molecule has 1 aliphatic heterocycles. The minimum Gasteiger partial charge on any atom is -0.500 e. The molecule has 3 aliphatic carbocycles. The van der Waals surface area contributed by atoms with Gasteiger partial charge in [-0.1, -0.05) is 32.9 Å². The Balaban J connectivity index is 2.06. The van der Waals surface area contributed by atoms with Crippen molar-refractivity contribution in [2.45, 2.75) is 57.0 Å². The Hall–Kier alpha value is -1.11. The number of hydrogen-bond donors (Lipinski definition) is 0. The molecule has 25 heavy (non-hydrogen) atoms. The lowest BCUT2D eigenvalue weighted by Gasteiger charge is -2.42. The van der Waals surface area contributed by atoms with Gasteiger partial charge in [-0.15, -0.1) is 0 Å². The lowest BCUT2D eigenvalue weighted by molar-refractivity contribution is -0.144. The molecule has 4 rings (SSSR count). The number of esters is 1. The lowest BCUT2D eigenvalue weighted by atomic mass is 9.73. The van der Waals surface area contributed by atoms with E-state index in [1.165, 1.54) is 0 Å². The molecule has 0 radical (unpaired) electrons. The minimum atomic E-state index is -2.07. The van der Waals surface area contributed by atoms with Gasteiger partial charge in [-0.05, 0) is 24.2 Å². The van der Waals surface area contributed by atoms with Crippen LogP contribution in [0.15, 0.2) is 24.0 Å². The molecule has 140 valence electrons. The number of carbonyl (C=O) groups is 1. The van der Waals surface area contributed by atoms with E-state index < -0.39 is 25.3 Å². The number of rotatable bonds is 4. The van der Waals surface area contributed by atoms with Crippen molar-refractivity contribution in [2.75, 3.05) is 20.8 Å². The molecule has 1 saturated heterocycles. The first-order valence-corrected chi connectivity index (χ1v) is 11.8. The van der Waals surface area contributed by atoms with Crippen molar-refractivity contribution < 1.29 is 23.4 Å². The molecule has 0 saturated carbocycles. The Morgan fingerprint density at radius 1 is 1.24 bits per heavy atom. The summed E-state index contributed by atoms with van der Waals surface area (Å²) in [6, 6.07) is 0. The average Bonchev–Trinajstić information content (AvgIpc) is 2.72. The summed E-state index contributed by atoms with van der Waals surface area (Å²) < 4.78 is 23.7. The van der Waals surface area contributed by atoms with E-state index in [-0.39, 0.29) is 17.1 Å². The monoisotopic (exact) mass is 366 g/mol. The van der Waals surface area contributed by atoms with Crippen molar-refractivity contribution in [3.63, 3.8) is 0 Å². The van der Waals surface area contributed by atoms with Gasteiger partial charge in [-0.25, -0.2) is 0 Å². The molecule has 0 amide bonds. The van der Waals surface area contributed by atoms with Crippen LogP contribution in [0, 0.1) is 11.3 Å². The molecule has 6 heteroatoms. The second-order valence-corrected chi connectivity index (χ2v) is 13.7. The van der Waals surface area contributed by atoms with E-state index in [2.05, 4.69) is 33.9 Å². The zero-order chi connectivity index (χ0) is 18.7. The van der Waals surface area contributed by atoms with Gasteiger partial charge in [0.1, 0.15) is 23.9 Å². The van der Waals surface area contributed by atoms with Crippen molar-refractivity contribution in [2.24, 2.45) is 11.3 Å². The van der Waals surface area contributed by atoms with Gasteiger partial charge in [0, 0.05) is 13.5 Å². The summed E-state index contributed by atoms with van der Waals surface area (Å²) >= 11 is 0. The highest BCUT2D eigenvalue weighted by Crippen LogP contribution is 2.55. The van der Waals surface area contributed by atoms with Crippen LogP contribution in [0.5, 0.6) is 0 Å². The van der Waals surface area contributed by atoms with E-state index in [0.29, 0.717) is 13.0 Å². The van der Waals surface area contributed by atoms with E-state index in [4.69, 9.17) is 18.6 Å². The summed E-state index contributed by atoms with van der Waals surface area (Å²) in [7, 11) is 1.26. The van der Waals surface area contributed by atoms with Crippen molar-refractivity contribution in [1.29, 1.82) is 0 Å². The fraction of sp³-hybridized carbons (Fsp3) is 0.737. The molecular formula is C19H30O5Si. The summed E-state index contributed by atoms with van der Waals surface area (Å²) in [5.41, 5.74) is -1.19. The number of cyclic esters (lactones) is 1. The van der Waals surface area contributed by atoms with Gasteiger partial charge >= 0.3 is 5.97 Å². The van der Waals surface area contributed by atoms with Crippen LogP contribution in [0.3, 0.4) is 0 Å². The largest absolute Gasteiger partial charge is 0.500 e. The molecule has 4 aliphatic rings. The molecule has 5 nitrogen and oxygen atoms in total. The molecule has 0 aromatic carbocycles. The Morgan fingerprint density at radius 2 is 1.92 bits per heavy atom. The Labute approximate surface area is 151 Å². The third-order valence-electron chi connectivity index (χ3n) is 6.50. The first-order valence-electron chi connectivity index (χ1n) is 8.88. The SMILES string of the molecule is COC1=CC2(OC)C=CC13COC(=O)C3C(O[Si](C)(C)C(C)(C)C)C2. The van der Waals surface area contributed by atoms with Crippen molar-refractivity contribution in [3.05, 3.63) is 24.0 Å². The average molecular weight is 367 g/mol. The van der Waals surface area contributed by atoms with Crippen LogP contribution in [0.25, 0.3) is 0 Å². The molecule has 4 unspecified atom stereocenters. The topological polar surface area (TPSA) is 54.0 Å². The zero-order valence-electron chi connectivity index (χ0n) is 16.3. The van der Waals surface area contributed by atoms with Crippen molar-refractivity contribution >= 4 is 14.3 Å². The molecule has 1 heterocycles. The highest BCUT2D eigenvalue weighted by Gasteiger charge is 2.62. The molecule has 0 aromatic rings. The number of fused-ring (bicyclic) bond motifs is 1. The Kier molecular flexibility index (Phi) is 4.25. The van der Waals surface area contributed by atoms with E-state index >= 15 is 0 Å². The first-order chi connectivity index (χ1) is 11.5. The maximum atomic E-state index is 12.7. The second kappa shape index (κ2) is 5.69. The van der Waals surface area contributed by atoms with Gasteiger partial charge in [0.2, 0.25) is 0 Å². The number of hydrogen-bond acceptors (Lipinski definition) is 5. The van der Waals surface area contributed by atoms with Gasteiger partial charge in [0.15, 0.2) is 8.32 Å². The summed E-state index contributed by atoms with van der Waals surface area (Å²) in [6.07, 6.45) is 6.40. The molecule has 2 bridgehead atoms. The van der Waals surface area contributed by atoms with Crippen LogP contribution in [0.2, 0.25) is 18.1 Å². The summed E-state index contributed by atoms with van der Waals surface area (Å²) in [5.74, 6) is 0.141. The summed E-state index contributed by atoms with van der Waals surface area (Å²) in [4.78, 5) is 12.7. The highest BCUT2D eigenvalue weighted by molar-refractivity contribution is 6.74. The fourth-order valence-electron chi connectivity index (χ4n) is 3.90. The minimum absolute atomic E-state index is 0.0548. The quantitative estimate of drug-likeness (QED) is 0.433. The Bertz CT molecular complexity index is 632. The maximum Gasteiger partial charge on any atom is 0.313 e. The molecule has 1 spiro atoms. The van der Waals surface area contributed by atoms with Crippen LogP contribution < -0.4 is 0 Å². The number of carbonyl (C=O) groups excluding carboxylic acids is 1. The van der Waals surface area contributed by atoms with E-state index in [9.17, 15) is 4.79 Å². The van der Waals surface area contributed by atoms with E-state index in [0.717, 1.165) is 5.76 Å². The van der Waals surface area contributed by atoms with Crippen LogP contribution in [-0.2, 0) is 23.4 Å². The van der Waals surface area contributed by atoms with Crippen LogP contribution in [0.1, 0.15) is 27.2 Å². The third-order valence-corrected chi connectivity index (χ3v) is 11.0. The molecule has 0 aromatic heterocycles. The van der Waals surface area contributed by atoms with E-state index in [1.807, 2.05) is 18.2 Å². The van der Waals surface area contributed by atoms with Gasteiger partial charge in [0.25, 0.3) is 0 Å². The second-order valence-electron chi connectivity index (χ2n) is 8.95. The summed E-state index contributed by atoms with van der Waals surface area (Å²) in [6.45, 7) is 11.3. The zero-order valence-corrected chi connectivity index (χ0v) is 17.3. The molecular weight excluding hydrogens is 336 g/mol. The van der Waals surface area contributed by atoms with Crippen molar-refractivity contribution in [3.8, 4) is 0 Å². The Morgan fingerprint density at radius 3 is 2.48 bits per heavy atom. The van der Waals surface area contributed by atoms with E-state index in [1.54, 1.807) is 14.2 Å². The predicted molar refractivity (Wildman–Crippen MR) is 97.5 cm³/mol. The third kappa shape index (κ3) is 2.69. The van der Waals surface area contributed by atoms with Crippen LogP contribution >= 0.6 is 0 Å². The first kappa shape index (κ1) is 18.7. The smallest absolute Gasteiger partial charge is 0.313 e. The number of ether oxygens (including phenoxy) is 3. The van der Waals surface area contributed by atoms with Gasteiger partial charge in [-0.3, -0.25) is 4.79 Å². The lowest BCUT2D eigenvalue weighted by Crippen LogP contribution is -2.49. The summed E-state index contributed by atoms with van der Waals surface area (Å²) in [5, 5.41) is 0.0548. The maximum absolute atomic E-state index is 12.7. The highest BCUT2D eigenvalue weighted by atomic mass is 28.4. The van der Waals surface area contributed by atoms with Crippen LogP contribution in [-0.4, -0.2) is 46.8 Å².